The minimum atomic E-state index is 0.322. The fraction of sp³-hybridized carbons (Fsp3) is 0.333. The minimum absolute atomic E-state index is 0.322. The van der Waals surface area contributed by atoms with E-state index in [1.807, 2.05) is 18.2 Å². The van der Waals surface area contributed by atoms with Crippen LogP contribution in [0.15, 0.2) is 36.4 Å². The molecule has 2 aromatic carbocycles. The summed E-state index contributed by atoms with van der Waals surface area (Å²) < 4.78 is 0. The number of allylic oxidation sites excluding steroid dienone is 2. The third-order valence-electron chi connectivity index (χ3n) is 4.69. The van der Waals surface area contributed by atoms with Gasteiger partial charge in [-0.15, -0.1) is 0 Å². The zero-order valence-corrected chi connectivity index (χ0v) is 13.9. The lowest BCUT2D eigenvalue weighted by Gasteiger charge is -2.17. The van der Waals surface area contributed by atoms with Gasteiger partial charge in [0.05, 0.1) is 0 Å². The highest BCUT2D eigenvalue weighted by Crippen LogP contribution is 2.40. The van der Waals surface area contributed by atoms with E-state index in [-0.39, 0.29) is 0 Å². The molecule has 0 atom stereocenters. The van der Waals surface area contributed by atoms with Gasteiger partial charge in [0.15, 0.2) is 0 Å². The van der Waals surface area contributed by atoms with E-state index >= 15 is 0 Å². The molecule has 3 rings (SSSR count). The van der Waals surface area contributed by atoms with E-state index in [0.29, 0.717) is 11.5 Å². The molecule has 120 valence electrons. The van der Waals surface area contributed by atoms with E-state index in [1.165, 1.54) is 27.8 Å². The smallest absolute Gasteiger partial charge is 0.115 e. The molecule has 0 bridgehead atoms. The van der Waals surface area contributed by atoms with E-state index in [2.05, 4.69) is 19.9 Å². The van der Waals surface area contributed by atoms with Crippen LogP contribution in [0.25, 0.3) is 11.1 Å². The van der Waals surface area contributed by atoms with Gasteiger partial charge in [-0.25, -0.2) is 0 Å². The molecule has 0 heterocycles. The van der Waals surface area contributed by atoms with Crippen LogP contribution in [0.3, 0.4) is 0 Å². The quantitative estimate of drug-likeness (QED) is 0.791. The van der Waals surface area contributed by atoms with Gasteiger partial charge in [0.2, 0.25) is 0 Å². The average Bonchev–Trinajstić information content (AvgIpc) is 2.67. The molecule has 2 heteroatoms. The first-order valence-corrected chi connectivity index (χ1v) is 8.44. The number of hydrogen-bond acceptors (Lipinski definition) is 2. The maximum Gasteiger partial charge on any atom is 0.115 e. The van der Waals surface area contributed by atoms with Crippen LogP contribution >= 0.6 is 0 Å². The van der Waals surface area contributed by atoms with Crippen molar-refractivity contribution in [3.8, 4) is 11.5 Å². The Bertz CT molecular complexity index is 756. The van der Waals surface area contributed by atoms with E-state index in [4.69, 9.17) is 0 Å². The van der Waals surface area contributed by atoms with Gasteiger partial charge in [0.25, 0.3) is 0 Å². The van der Waals surface area contributed by atoms with Gasteiger partial charge in [-0.2, -0.15) is 0 Å². The summed E-state index contributed by atoms with van der Waals surface area (Å²) in [5.41, 5.74) is 7.69. The van der Waals surface area contributed by atoms with Crippen LogP contribution in [0, 0.1) is 6.92 Å². The average molecular weight is 308 g/mol. The predicted octanol–water partition coefficient (Wildman–Crippen LogP) is 5.45. The van der Waals surface area contributed by atoms with Crippen molar-refractivity contribution >= 4 is 11.1 Å². The van der Waals surface area contributed by atoms with Crippen molar-refractivity contribution in [2.24, 2.45) is 0 Å². The molecule has 0 aliphatic heterocycles. The highest BCUT2D eigenvalue weighted by Gasteiger charge is 2.19. The van der Waals surface area contributed by atoms with Crippen molar-refractivity contribution in [1.82, 2.24) is 0 Å². The molecule has 0 amide bonds. The zero-order chi connectivity index (χ0) is 16.4. The van der Waals surface area contributed by atoms with Gasteiger partial charge in [0, 0.05) is 0 Å². The molecule has 0 saturated heterocycles. The number of hydrogen-bond donors (Lipinski definition) is 2. The summed E-state index contributed by atoms with van der Waals surface area (Å²) in [6.07, 6.45) is 5.25. The van der Waals surface area contributed by atoms with Crippen molar-refractivity contribution in [1.29, 1.82) is 0 Å². The summed E-state index contributed by atoms with van der Waals surface area (Å²) in [7, 11) is 0. The Kier molecular flexibility index (Phi) is 4.42. The van der Waals surface area contributed by atoms with Crippen LogP contribution in [-0.2, 0) is 6.42 Å². The van der Waals surface area contributed by atoms with Crippen molar-refractivity contribution in [3.63, 3.8) is 0 Å². The third kappa shape index (κ3) is 3.12. The molecular formula is C21H24O2. The van der Waals surface area contributed by atoms with Gasteiger partial charge in [-0.3, -0.25) is 0 Å². The number of aryl methyl sites for hydroxylation is 2. The highest BCUT2D eigenvalue weighted by molar-refractivity contribution is 5.93. The first-order chi connectivity index (χ1) is 11.1. The number of phenols is 2. The normalized spacial score (nSPS) is 14.5. The van der Waals surface area contributed by atoms with Gasteiger partial charge in [-0.1, -0.05) is 25.5 Å². The van der Waals surface area contributed by atoms with Crippen LogP contribution in [0.4, 0.5) is 0 Å². The molecule has 2 N–H and O–H groups in total. The maximum atomic E-state index is 9.81. The molecule has 0 fully saturated rings. The van der Waals surface area contributed by atoms with E-state index in [1.54, 1.807) is 12.1 Å². The second kappa shape index (κ2) is 6.49. The lowest BCUT2D eigenvalue weighted by molar-refractivity contribution is 0.474. The van der Waals surface area contributed by atoms with Gasteiger partial charge >= 0.3 is 0 Å². The van der Waals surface area contributed by atoms with Gasteiger partial charge in [-0.05, 0) is 90.3 Å². The van der Waals surface area contributed by atoms with Gasteiger partial charge < -0.3 is 10.2 Å². The first kappa shape index (κ1) is 15.7. The molecule has 2 nitrogen and oxygen atoms in total. The SMILES string of the molecule is CCCC1=C(c2ccc(O)cc2C)CCCc2cc(O)ccc21. The van der Waals surface area contributed by atoms with Crippen LogP contribution in [0.2, 0.25) is 0 Å². The minimum Gasteiger partial charge on any atom is -0.508 e. The topological polar surface area (TPSA) is 40.5 Å². The molecular weight excluding hydrogens is 284 g/mol. The zero-order valence-electron chi connectivity index (χ0n) is 13.9. The second-order valence-corrected chi connectivity index (χ2v) is 6.40. The maximum absolute atomic E-state index is 9.81. The van der Waals surface area contributed by atoms with Crippen LogP contribution in [0.1, 0.15) is 54.9 Å². The van der Waals surface area contributed by atoms with Crippen LogP contribution in [-0.4, -0.2) is 10.2 Å². The summed E-state index contributed by atoms with van der Waals surface area (Å²) in [5.74, 6) is 0.673. The Labute approximate surface area is 138 Å². The van der Waals surface area contributed by atoms with Crippen LogP contribution < -0.4 is 0 Å². The number of aromatic hydroxyl groups is 2. The summed E-state index contributed by atoms with van der Waals surface area (Å²) >= 11 is 0. The molecule has 2 aromatic rings. The molecule has 1 aliphatic rings. The molecule has 0 aromatic heterocycles. The van der Waals surface area contributed by atoms with E-state index in [0.717, 1.165) is 37.7 Å². The van der Waals surface area contributed by atoms with Gasteiger partial charge in [0.1, 0.15) is 11.5 Å². The Morgan fingerprint density at radius 1 is 0.913 bits per heavy atom. The summed E-state index contributed by atoms with van der Waals surface area (Å²) in [5, 5.41) is 19.5. The van der Waals surface area contributed by atoms with E-state index in [9.17, 15) is 10.2 Å². The second-order valence-electron chi connectivity index (χ2n) is 6.40. The highest BCUT2D eigenvalue weighted by atomic mass is 16.3. The standard InChI is InChI=1S/C21H24O2/c1-3-5-20-19-11-9-17(23)13-15(19)6-4-7-21(20)18-10-8-16(22)12-14(18)2/h8-13,22-23H,3-7H2,1-2H3. The monoisotopic (exact) mass is 308 g/mol. The Balaban J connectivity index is 2.21. The predicted molar refractivity (Wildman–Crippen MR) is 95.6 cm³/mol. The molecule has 23 heavy (non-hydrogen) atoms. The number of rotatable bonds is 3. The Morgan fingerprint density at radius 2 is 1.61 bits per heavy atom. The van der Waals surface area contributed by atoms with Crippen molar-refractivity contribution in [2.45, 2.75) is 46.0 Å². The molecule has 0 saturated carbocycles. The van der Waals surface area contributed by atoms with Crippen LogP contribution in [0.5, 0.6) is 11.5 Å². The van der Waals surface area contributed by atoms with Crippen molar-refractivity contribution in [3.05, 3.63) is 58.7 Å². The Morgan fingerprint density at radius 3 is 2.30 bits per heavy atom. The summed E-state index contributed by atoms with van der Waals surface area (Å²) in [6, 6.07) is 11.4. The molecule has 0 radical (unpaired) electrons. The Hall–Kier alpha value is -2.22. The molecule has 0 spiro atoms. The molecule has 1 aliphatic carbocycles. The number of fused-ring (bicyclic) bond motifs is 1. The number of phenolic OH excluding ortho intramolecular Hbond substituents is 2. The summed E-state index contributed by atoms with van der Waals surface area (Å²) in [4.78, 5) is 0. The number of benzene rings is 2. The largest absolute Gasteiger partial charge is 0.508 e. The lowest BCUT2D eigenvalue weighted by Crippen LogP contribution is -1.95. The van der Waals surface area contributed by atoms with Crippen molar-refractivity contribution in [2.75, 3.05) is 0 Å². The summed E-state index contributed by atoms with van der Waals surface area (Å²) in [6.45, 7) is 4.27. The first-order valence-electron chi connectivity index (χ1n) is 8.44. The lowest BCUT2D eigenvalue weighted by atomic mass is 9.88. The van der Waals surface area contributed by atoms with Crippen molar-refractivity contribution < 1.29 is 10.2 Å². The fourth-order valence-electron chi connectivity index (χ4n) is 3.67. The molecule has 0 unspecified atom stereocenters. The third-order valence-corrected chi connectivity index (χ3v) is 4.69. The fourth-order valence-corrected chi connectivity index (χ4v) is 3.67. The van der Waals surface area contributed by atoms with E-state index < -0.39 is 0 Å².